The van der Waals surface area contributed by atoms with Gasteiger partial charge >= 0.3 is 6.36 Å². The standard InChI is InChI=1S/C24H19F4N3O3/c1-13(29)19-12-15(10-11-30-19)31-23(32)21-20(9-8-18(22(21)25)14-2-3-14)33-16-4-6-17(7-5-16)34-24(26,27)28/h4-12,14H,1-3,29H2,(H,30,31,32). The lowest BCUT2D eigenvalue weighted by molar-refractivity contribution is -0.274. The number of amides is 1. The number of nitrogens with one attached hydrogen (secondary N) is 1. The maximum atomic E-state index is 15.4. The van der Waals surface area contributed by atoms with E-state index < -0.39 is 23.8 Å². The van der Waals surface area contributed by atoms with Crippen LogP contribution in [0.1, 0.15) is 40.4 Å². The summed E-state index contributed by atoms with van der Waals surface area (Å²) in [6, 6.07) is 10.5. The minimum atomic E-state index is -4.83. The van der Waals surface area contributed by atoms with E-state index in [0.717, 1.165) is 25.0 Å². The molecule has 0 atom stereocenters. The minimum Gasteiger partial charge on any atom is -0.456 e. The van der Waals surface area contributed by atoms with Gasteiger partial charge in [0.05, 0.1) is 11.4 Å². The van der Waals surface area contributed by atoms with Crippen LogP contribution in [0.2, 0.25) is 0 Å². The molecule has 1 fully saturated rings. The van der Waals surface area contributed by atoms with Crippen LogP contribution >= 0.6 is 0 Å². The molecule has 176 valence electrons. The third-order valence-electron chi connectivity index (χ3n) is 5.01. The molecular formula is C24H19F4N3O3. The Bertz CT molecular complexity index is 1240. The third-order valence-corrected chi connectivity index (χ3v) is 5.01. The Hall–Kier alpha value is -4.08. The summed E-state index contributed by atoms with van der Waals surface area (Å²) in [6.45, 7) is 3.59. The number of rotatable bonds is 7. The average Bonchev–Trinajstić information content (AvgIpc) is 3.59. The fourth-order valence-electron chi connectivity index (χ4n) is 3.29. The Labute approximate surface area is 192 Å². The van der Waals surface area contributed by atoms with Crippen molar-refractivity contribution in [1.82, 2.24) is 4.98 Å². The normalized spacial score (nSPS) is 13.3. The zero-order valence-electron chi connectivity index (χ0n) is 17.7. The zero-order chi connectivity index (χ0) is 24.5. The maximum Gasteiger partial charge on any atom is 0.573 e. The number of hydrogen-bond donors (Lipinski definition) is 2. The smallest absolute Gasteiger partial charge is 0.456 e. The average molecular weight is 473 g/mol. The van der Waals surface area contributed by atoms with Gasteiger partial charge in [0.1, 0.15) is 28.6 Å². The van der Waals surface area contributed by atoms with Gasteiger partial charge in [0.2, 0.25) is 0 Å². The van der Waals surface area contributed by atoms with E-state index in [1.165, 1.54) is 36.5 Å². The van der Waals surface area contributed by atoms with Crippen molar-refractivity contribution in [2.24, 2.45) is 5.73 Å². The summed E-state index contributed by atoms with van der Waals surface area (Å²) in [5, 5.41) is 2.60. The highest BCUT2D eigenvalue weighted by Crippen LogP contribution is 2.44. The van der Waals surface area contributed by atoms with Crippen molar-refractivity contribution >= 4 is 17.3 Å². The first kappa shape index (κ1) is 23.1. The van der Waals surface area contributed by atoms with Crippen LogP contribution in [0.25, 0.3) is 5.70 Å². The first-order chi connectivity index (χ1) is 16.1. The van der Waals surface area contributed by atoms with Gasteiger partial charge in [0, 0.05) is 11.9 Å². The van der Waals surface area contributed by atoms with Gasteiger partial charge in [-0.1, -0.05) is 12.6 Å². The minimum absolute atomic E-state index is 0.0208. The summed E-state index contributed by atoms with van der Waals surface area (Å²) in [7, 11) is 0. The summed E-state index contributed by atoms with van der Waals surface area (Å²) in [5.74, 6) is -1.91. The van der Waals surface area contributed by atoms with Crippen molar-refractivity contribution < 1.29 is 31.8 Å². The van der Waals surface area contributed by atoms with Crippen LogP contribution < -0.4 is 20.5 Å². The Morgan fingerprint density at radius 2 is 1.76 bits per heavy atom. The van der Waals surface area contributed by atoms with Gasteiger partial charge in [-0.2, -0.15) is 0 Å². The molecule has 0 bridgehead atoms. The molecule has 2 aromatic carbocycles. The highest BCUT2D eigenvalue weighted by molar-refractivity contribution is 6.06. The van der Waals surface area contributed by atoms with Crippen molar-refractivity contribution in [3.05, 3.63) is 83.9 Å². The van der Waals surface area contributed by atoms with Crippen molar-refractivity contribution in [3.8, 4) is 17.2 Å². The van der Waals surface area contributed by atoms with Crippen molar-refractivity contribution in [2.75, 3.05) is 5.32 Å². The van der Waals surface area contributed by atoms with E-state index in [9.17, 15) is 18.0 Å². The van der Waals surface area contributed by atoms with Crippen LogP contribution in [0.15, 0.2) is 61.3 Å². The molecule has 4 rings (SSSR count). The summed E-state index contributed by atoms with van der Waals surface area (Å²) in [6.07, 6.45) is -1.79. The molecule has 3 aromatic rings. The topological polar surface area (TPSA) is 86.5 Å². The first-order valence-corrected chi connectivity index (χ1v) is 10.2. The number of halogens is 4. The Kier molecular flexibility index (Phi) is 6.14. The molecule has 1 saturated carbocycles. The number of anilines is 1. The van der Waals surface area contributed by atoms with Gasteiger partial charge in [0.15, 0.2) is 0 Å². The predicted octanol–water partition coefficient (Wildman–Crippen LogP) is 5.97. The molecule has 0 unspecified atom stereocenters. The quantitative estimate of drug-likeness (QED) is 0.413. The van der Waals surface area contributed by atoms with E-state index in [1.807, 2.05) is 0 Å². The van der Waals surface area contributed by atoms with Crippen LogP contribution in [0.5, 0.6) is 17.2 Å². The largest absolute Gasteiger partial charge is 0.573 e. The molecule has 0 aliphatic heterocycles. The Morgan fingerprint density at radius 1 is 1.09 bits per heavy atom. The lowest BCUT2D eigenvalue weighted by Gasteiger charge is -2.15. The van der Waals surface area contributed by atoms with E-state index >= 15 is 4.39 Å². The van der Waals surface area contributed by atoms with E-state index in [4.69, 9.17) is 10.5 Å². The van der Waals surface area contributed by atoms with Crippen molar-refractivity contribution in [1.29, 1.82) is 0 Å². The molecule has 34 heavy (non-hydrogen) atoms. The van der Waals surface area contributed by atoms with Gasteiger partial charge in [-0.05, 0) is 66.8 Å². The molecule has 3 N–H and O–H groups in total. The Balaban J connectivity index is 1.63. The summed E-state index contributed by atoms with van der Waals surface area (Å²) in [5.41, 5.74) is 6.57. The number of hydrogen-bond acceptors (Lipinski definition) is 5. The molecule has 1 amide bonds. The maximum absolute atomic E-state index is 15.4. The van der Waals surface area contributed by atoms with Crippen LogP contribution in [0.3, 0.4) is 0 Å². The van der Waals surface area contributed by atoms with Crippen molar-refractivity contribution in [3.63, 3.8) is 0 Å². The van der Waals surface area contributed by atoms with Crippen LogP contribution in [-0.4, -0.2) is 17.3 Å². The zero-order valence-corrected chi connectivity index (χ0v) is 17.7. The SMILES string of the molecule is C=C(N)c1cc(NC(=O)c2c(Oc3ccc(OC(F)(F)F)cc3)ccc(C3CC3)c2F)ccn1. The van der Waals surface area contributed by atoms with E-state index in [-0.39, 0.29) is 28.7 Å². The number of aromatic nitrogens is 1. The van der Waals surface area contributed by atoms with E-state index in [0.29, 0.717) is 16.9 Å². The molecule has 1 aliphatic rings. The van der Waals surface area contributed by atoms with Gasteiger partial charge in [-0.3, -0.25) is 9.78 Å². The third kappa shape index (κ3) is 5.45. The number of carbonyl (C=O) groups is 1. The van der Waals surface area contributed by atoms with Gasteiger partial charge < -0.3 is 20.5 Å². The number of ether oxygens (including phenoxy) is 2. The highest BCUT2D eigenvalue weighted by atomic mass is 19.4. The molecule has 0 radical (unpaired) electrons. The molecule has 0 saturated heterocycles. The van der Waals surface area contributed by atoms with E-state index in [2.05, 4.69) is 21.6 Å². The van der Waals surface area contributed by atoms with Crippen LogP contribution in [0.4, 0.5) is 23.2 Å². The van der Waals surface area contributed by atoms with Gasteiger partial charge in [-0.25, -0.2) is 4.39 Å². The van der Waals surface area contributed by atoms with Crippen molar-refractivity contribution in [2.45, 2.75) is 25.1 Å². The molecular weight excluding hydrogens is 454 g/mol. The number of nitrogens with two attached hydrogens (primary N) is 1. The lowest BCUT2D eigenvalue weighted by atomic mass is 10.0. The number of carbonyl (C=O) groups excluding carboxylic acids is 1. The number of benzene rings is 2. The highest BCUT2D eigenvalue weighted by Gasteiger charge is 2.32. The molecule has 0 spiro atoms. The van der Waals surface area contributed by atoms with Gasteiger partial charge in [-0.15, -0.1) is 13.2 Å². The second-order valence-corrected chi connectivity index (χ2v) is 7.65. The summed E-state index contributed by atoms with van der Waals surface area (Å²) in [4.78, 5) is 17.1. The monoisotopic (exact) mass is 473 g/mol. The molecule has 1 aliphatic carbocycles. The van der Waals surface area contributed by atoms with Gasteiger partial charge in [0.25, 0.3) is 5.91 Å². The Morgan fingerprint density at radius 3 is 2.38 bits per heavy atom. The molecule has 6 nitrogen and oxygen atoms in total. The van der Waals surface area contributed by atoms with Crippen LogP contribution in [-0.2, 0) is 0 Å². The second-order valence-electron chi connectivity index (χ2n) is 7.65. The van der Waals surface area contributed by atoms with E-state index in [1.54, 1.807) is 6.07 Å². The lowest BCUT2D eigenvalue weighted by Crippen LogP contribution is -2.17. The number of nitrogens with zero attached hydrogens (tertiary/aromatic N) is 1. The summed E-state index contributed by atoms with van der Waals surface area (Å²) < 4.78 is 62.0. The second kappa shape index (κ2) is 9.05. The fourth-order valence-corrected chi connectivity index (χ4v) is 3.29. The summed E-state index contributed by atoms with van der Waals surface area (Å²) >= 11 is 0. The number of alkyl halides is 3. The number of pyridine rings is 1. The van der Waals surface area contributed by atoms with Crippen LogP contribution in [0, 0.1) is 5.82 Å². The fraction of sp³-hybridized carbons (Fsp3) is 0.167. The predicted molar refractivity (Wildman–Crippen MR) is 117 cm³/mol. The molecule has 1 heterocycles. The molecule has 10 heteroatoms. The molecule has 1 aromatic heterocycles. The first-order valence-electron chi connectivity index (χ1n) is 10.2.